The second kappa shape index (κ2) is 14.4. The van der Waals surface area contributed by atoms with Gasteiger partial charge in [0.15, 0.2) is 0 Å². The van der Waals surface area contributed by atoms with Crippen molar-refractivity contribution in [2.75, 3.05) is 32.7 Å². The van der Waals surface area contributed by atoms with Gasteiger partial charge < -0.3 is 15.5 Å². The fraction of sp³-hybridized carbons (Fsp3) is 0.533. The van der Waals surface area contributed by atoms with Crippen LogP contribution < -0.4 is 16.2 Å². The summed E-state index contributed by atoms with van der Waals surface area (Å²) in [5, 5.41) is 6.36. The minimum atomic E-state index is -0.824. The summed E-state index contributed by atoms with van der Waals surface area (Å²) in [4.78, 5) is 29.2. The van der Waals surface area contributed by atoms with Crippen LogP contribution >= 0.6 is 0 Å². The van der Waals surface area contributed by atoms with Crippen LogP contribution in [0.25, 0.3) is 0 Å². The standard InChI is InChI=1S/C30H42FN5O2/c1-23-11-13-24(14-12-23)6-4-10-29(37)33-15-3-2-9-28(34-31)30(38)36-18-16-35(17-19-36)22-26-8-5-7-25-20-32-21-27(25)26/h5,7-8,11-14,28,32,34H,2-4,6,9-10,15-22H2,1H3,(H,33,37). The summed E-state index contributed by atoms with van der Waals surface area (Å²) in [6.07, 6.45) is 4.01. The highest BCUT2D eigenvalue weighted by atomic mass is 19.2. The van der Waals surface area contributed by atoms with Crippen LogP contribution in [0.2, 0.25) is 0 Å². The Hall–Kier alpha value is -2.81. The van der Waals surface area contributed by atoms with Gasteiger partial charge in [0.2, 0.25) is 11.8 Å². The van der Waals surface area contributed by atoms with Gasteiger partial charge in [0.1, 0.15) is 6.04 Å². The van der Waals surface area contributed by atoms with Crippen LogP contribution in [0.15, 0.2) is 42.5 Å². The van der Waals surface area contributed by atoms with Crippen molar-refractivity contribution in [1.29, 1.82) is 0 Å². The van der Waals surface area contributed by atoms with E-state index < -0.39 is 6.04 Å². The molecular formula is C30H42FN5O2. The summed E-state index contributed by atoms with van der Waals surface area (Å²) >= 11 is 0. The van der Waals surface area contributed by atoms with Gasteiger partial charge in [-0.1, -0.05) is 48.0 Å². The number of benzene rings is 2. The molecule has 38 heavy (non-hydrogen) atoms. The zero-order valence-corrected chi connectivity index (χ0v) is 22.6. The largest absolute Gasteiger partial charge is 0.356 e. The zero-order valence-electron chi connectivity index (χ0n) is 22.6. The molecule has 1 saturated heterocycles. The van der Waals surface area contributed by atoms with Crippen molar-refractivity contribution in [2.24, 2.45) is 0 Å². The summed E-state index contributed by atoms with van der Waals surface area (Å²) in [5.74, 6) is -0.125. The molecule has 2 heterocycles. The predicted molar refractivity (Wildman–Crippen MR) is 148 cm³/mol. The molecule has 2 amide bonds. The number of unbranched alkanes of at least 4 members (excludes halogenated alkanes) is 1. The highest BCUT2D eigenvalue weighted by molar-refractivity contribution is 5.81. The highest BCUT2D eigenvalue weighted by Gasteiger charge is 2.28. The average molecular weight is 524 g/mol. The fourth-order valence-electron chi connectivity index (χ4n) is 5.36. The zero-order chi connectivity index (χ0) is 26.7. The molecule has 2 aliphatic rings. The molecule has 2 aliphatic heterocycles. The van der Waals surface area contributed by atoms with Crippen molar-refractivity contribution in [3.8, 4) is 0 Å². The maximum Gasteiger partial charge on any atom is 0.242 e. The smallest absolute Gasteiger partial charge is 0.242 e. The minimum absolute atomic E-state index is 0.0444. The Morgan fingerprint density at radius 3 is 2.55 bits per heavy atom. The van der Waals surface area contributed by atoms with Gasteiger partial charge in [-0.15, -0.1) is 10.0 Å². The summed E-state index contributed by atoms with van der Waals surface area (Å²) in [7, 11) is 0. The van der Waals surface area contributed by atoms with Crippen LogP contribution in [0.3, 0.4) is 0 Å². The van der Waals surface area contributed by atoms with Gasteiger partial charge in [0.25, 0.3) is 0 Å². The summed E-state index contributed by atoms with van der Waals surface area (Å²) < 4.78 is 13.5. The maximum atomic E-state index is 13.5. The number of hydrogen-bond acceptors (Lipinski definition) is 5. The van der Waals surface area contributed by atoms with Crippen molar-refractivity contribution in [3.63, 3.8) is 0 Å². The monoisotopic (exact) mass is 523 g/mol. The topological polar surface area (TPSA) is 76.7 Å². The Kier molecular flexibility index (Phi) is 10.7. The first-order valence-electron chi connectivity index (χ1n) is 14.0. The summed E-state index contributed by atoms with van der Waals surface area (Å²) in [5.41, 5.74) is 8.35. The van der Waals surface area contributed by atoms with E-state index in [-0.39, 0.29) is 11.8 Å². The number of carbonyl (C=O) groups is 2. The van der Waals surface area contributed by atoms with Crippen LogP contribution in [0.5, 0.6) is 0 Å². The molecule has 0 aromatic heterocycles. The van der Waals surface area contributed by atoms with E-state index in [4.69, 9.17) is 0 Å². The molecule has 4 rings (SSSR count). The number of piperazine rings is 1. The van der Waals surface area contributed by atoms with Crippen LogP contribution in [0.4, 0.5) is 4.48 Å². The Balaban J connectivity index is 1.09. The Morgan fingerprint density at radius 2 is 1.79 bits per heavy atom. The molecule has 0 spiro atoms. The van der Waals surface area contributed by atoms with E-state index >= 15 is 0 Å². The lowest BCUT2D eigenvalue weighted by molar-refractivity contribution is -0.137. The van der Waals surface area contributed by atoms with Crippen LogP contribution in [-0.2, 0) is 35.6 Å². The van der Waals surface area contributed by atoms with E-state index in [1.54, 1.807) is 10.4 Å². The summed E-state index contributed by atoms with van der Waals surface area (Å²) in [6.45, 7) is 8.16. The first-order chi connectivity index (χ1) is 18.5. The molecule has 1 unspecified atom stereocenters. The van der Waals surface area contributed by atoms with Gasteiger partial charge >= 0.3 is 0 Å². The van der Waals surface area contributed by atoms with E-state index in [0.29, 0.717) is 38.9 Å². The highest BCUT2D eigenvalue weighted by Crippen LogP contribution is 2.22. The number of halogens is 1. The second-order valence-electron chi connectivity index (χ2n) is 10.6. The lowest BCUT2D eigenvalue weighted by Crippen LogP contribution is -2.53. The third-order valence-corrected chi connectivity index (χ3v) is 7.73. The molecule has 0 radical (unpaired) electrons. The van der Waals surface area contributed by atoms with Gasteiger partial charge in [0, 0.05) is 58.8 Å². The van der Waals surface area contributed by atoms with Crippen molar-refractivity contribution in [1.82, 2.24) is 26.0 Å². The Labute approximate surface area is 226 Å². The molecule has 2 aromatic carbocycles. The molecule has 0 bridgehead atoms. The predicted octanol–water partition coefficient (Wildman–Crippen LogP) is 3.39. The molecule has 0 aliphatic carbocycles. The number of amides is 2. The number of rotatable bonds is 13. The van der Waals surface area contributed by atoms with Crippen LogP contribution in [-0.4, -0.2) is 60.4 Å². The molecular weight excluding hydrogens is 481 g/mol. The normalized spacial score (nSPS) is 16.3. The van der Waals surface area contributed by atoms with Crippen LogP contribution in [0, 0.1) is 6.92 Å². The maximum absolute atomic E-state index is 13.5. The van der Waals surface area contributed by atoms with E-state index in [9.17, 15) is 14.1 Å². The second-order valence-corrected chi connectivity index (χ2v) is 10.6. The van der Waals surface area contributed by atoms with E-state index in [1.807, 2.05) is 0 Å². The van der Waals surface area contributed by atoms with Gasteiger partial charge in [-0.05, 0) is 61.3 Å². The number of carbonyl (C=O) groups excluding carboxylic acids is 2. The molecule has 206 valence electrons. The molecule has 0 saturated carbocycles. The summed E-state index contributed by atoms with van der Waals surface area (Å²) in [6, 6.07) is 14.1. The number of hydrogen-bond donors (Lipinski definition) is 3. The molecule has 8 heteroatoms. The SMILES string of the molecule is Cc1ccc(CCCC(=O)NCCCCC(NF)C(=O)N2CCN(Cc3cccc4c3CNC4)CC2)cc1. The van der Waals surface area contributed by atoms with Crippen LogP contribution in [0.1, 0.15) is 59.9 Å². The number of aryl methyl sites for hydroxylation is 2. The molecule has 1 fully saturated rings. The lowest BCUT2D eigenvalue weighted by atomic mass is 10.0. The average Bonchev–Trinajstić information content (AvgIpc) is 3.42. The van der Waals surface area contributed by atoms with Crippen molar-refractivity contribution < 1.29 is 14.1 Å². The lowest BCUT2D eigenvalue weighted by Gasteiger charge is -2.36. The molecule has 7 nitrogen and oxygen atoms in total. The number of nitrogens with zero attached hydrogens (tertiary/aromatic N) is 2. The van der Waals surface area contributed by atoms with Crippen molar-refractivity contribution in [3.05, 3.63) is 70.3 Å². The van der Waals surface area contributed by atoms with Gasteiger partial charge in [-0.2, -0.15) is 0 Å². The Bertz CT molecular complexity index is 1050. The third kappa shape index (κ3) is 8.09. The minimum Gasteiger partial charge on any atom is -0.356 e. The quantitative estimate of drug-likeness (QED) is 0.277. The van der Waals surface area contributed by atoms with E-state index in [0.717, 1.165) is 52.0 Å². The van der Waals surface area contributed by atoms with E-state index in [1.165, 1.54) is 27.8 Å². The first-order valence-corrected chi connectivity index (χ1v) is 14.0. The first kappa shape index (κ1) is 28.2. The Morgan fingerprint density at radius 1 is 1.00 bits per heavy atom. The number of fused-ring (bicyclic) bond motifs is 1. The van der Waals surface area contributed by atoms with Gasteiger partial charge in [0.05, 0.1) is 0 Å². The van der Waals surface area contributed by atoms with Crippen molar-refractivity contribution >= 4 is 11.8 Å². The van der Waals surface area contributed by atoms with E-state index in [2.05, 4.69) is 64.9 Å². The third-order valence-electron chi connectivity index (χ3n) is 7.73. The molecule has 1 atom stereocenters. The fourth-order valence-corrected chi connectivity index (χ4v) is 5.36. The molecule has 3 N–H and O–H groups in total. The van der Waals surface area contributed by atoms with Gasteiger partial charge in [-0.25, -0.2) is 0 Å². The molecule has 2 aromatic rings. The number of nitrogens with one attached hydrogen (secondary N) is 3. The van der Waals surface area contributed by atoms with Crippen molar-refractivity contribution in [2.45, 2.75) is 71.1 Å². The van der Waals surface area contributed by atoms with Gasteiger partial charge in [-0.3, -0.25) is 14.5 Å².